The van der Waals surface area contributed by atoms with E-state index in [4.69, 9.17) is 4.74 Å². The molecular weight excluding hydrogens is 427 g/mol. The van der Waals surface area contributed by atoms with Crippen LogP contribution in [-0.2, 0) is 20.8 Å². The third-order valence-corrected chi connectivity index (χ3v) is 6.43. The Morgan fingerprint density at radius 1 is 1.10 bits per heavy atom. The zero-order valence-corrected chi connectivity index (χ0v) is 17.2. The predicted molar refractivity (Wildman–Crippen MR) is 102 cm³/mol. The molecule has 2 heterocycles. The second kappa shape index (κ2) is 7.42. The van der Waals surface area contributed by atoms with Gasteiger partial charge in [-0.1, -0.05) is 11.8 Å². The quantitative estimate of drug-likeness (QED) is 0.545. The van der Waals surface area contributed by atoms with Gasteiger partial charge in [0.15, 0.2) is 15.6 Å². The van der Waals surface area contributed by atoms with Gasteiger partial charge in [0.05, 0.1) is 21.0 Å². The van der Waals surface area contributed by atoms with Gasteiger partial charge in [-0.05, 0) is 43.3 Å². The molecule has 0 radical (unpaired) electrons. The van der Waals surface area contributed by atoms with Gasteiger partial charge < -0.3 is 9.14 Å². The van der Waals surface area contributed by atoms with E-state index in [0.29, 0.717) is 21.0 Å². The number of sulfone groups is 1. The normalized spacial score (nSPS) is 12.3. The van der Waals surface area contributed by atoms with Gasteiger partial charge in [-0.3, -0.25) is 4.79 Å². The molecule has 3 aromatic rings. The summed E-state index contributed by atoms with van der Waals surface area (Å²) in [5.41, 5.74) is -0.0266. The lowest BCUT2D eigenvalue weighted by atomic mass is 10.2. The number of fused-ring (bicyclic) bond motifs is 1. The molecular formula is C19H16F3NO4S2. The smallest absolute Gasteiger partial charge is 0.417 e. The van der Waals surface area contributed by atoms with Gasteiger partial charge in [0.25, 0.3) is 0 Å². The molecule has 0 unspecified atom stereocenters. The van der Waals surface area contributed by atoms with E-state index in [1.165, 1.54) is 29.5 Å². The molecule has 0 aliphatic heterocycles. The third-order valence-electron chi connectivity index (χ3n) is 4.10. The third kappa shape index (κ3) is 4.43. The Morgan fingerprint density at radius 2 is 1.72 bits per heavy atom. The first-order valence-electron chi connectivity index (χ1n) is 8.26. The maximum Gasteiger partial charge on any atom is 0.417 e. The van der Waals surface area contributed by atoms with Crippen molar-refractivity contribution in [2.45, 2.75) is 34.8 Å². The van der Waals surface area contributed by atoms with E-state index in [0.717, 1.165) is 30.3 Å². The lowest BCUT2D eigenvalue weighted by Gasteiger charge is -2.09. The van der Waals surface area contributed by atoms with E-state index in [1.807, 2.05) is 0 Å². The topological polar surface area (TPSA) is 64.9 Å². The highest BCUT2D eigenvalue weighted by Crippen LogP contribution is 2.41. The average Bonchev–Trinajstić information content (AvgIpc) is 2.85. The van der Waals surface area contributed by atoms with Crippen molar-refractivity contribution < 1.29 is 31.1 Å². The van der Waals surface area contributed by atoms with Crippen LogP contribution < -0.4 is 4.74 Å². The Morgan fingerprint density at radius 3 is 2.24 bits per heavy atom. The number of carbonyl (C=O) groups excluding carboxylic acids is 1. The Hall–Kier alpha value is -2.46. The maximum absolute atomic E-state index is 13.2. The number of alkyl halides is 3. The monoisotopic (exact) mass is 443 g/mol. The van der Waals surface area contributed by atoms with E-state index in [9.17, 15) is 26.4 Å². The van der Waals surface area contributed by atoms with Crippen LogP contribution in [0.25, 0.3) is 5.52 Å². The number of hydrogen-bond acceptors (Lipinski definition) is 5. The Bertz CT molecular complexity index is 1200. The van der Waals surface area contributed by atoms with Crippen LogP contribution in [0.5, 0.6) is 5.75 Å². The number of ether oxygens (including phenoxy) is 1. The summed E-state index contributed by atoms with van der Waals surface area (Å²) in [5, 5.41) is 0.425. The van der Waals surface area contributed by atoms with Crippen molar-refractivity contribution in [3.8, 4) is 5.75 Å². The lowest BCUT2D eigenvalue weighted by molar-refractivity contribution is -0.138. The van der Waals surface area contributed by atoms with Crippen molar-refractivity contribution in [3.05, 3.63) is 53.7 Å². The number of halogens is 3. The molecule has 5 nitrogen and oxygen atoms in total. The van der Waals surface area contributed by atoms with Gasteiger partial charge in [-0.25, -0.2) is 8.42 Å². The average molecular weight is 443 g/mol. The lowest BCUT2D eigenvalue weighted by Crippen LogP contribution is -2.06. The van der Waals surface area contributed by atoms with Gasteiger partial charge in [0, 0.05) is 29.8 Å². The molecule has 0 aliphatic rings. The number of aromatic nitrogens is 1. The second-order valence-electron chi connectivity index (χ2n) is 6.37. The van der Waals surface area contributed by atoms with Crippen molar-refractivity contribution in [2.24, 2.45) is 0 Å². The predicted octanol–water partition coefficient (Wildman–Crippen LogP) is 4.75. The summed E-state index contributed by atoms with van der Waals surface area (Å²) >= 11 is 1.14. The molecule has 29 heavy (non-hydrogen) atoms. The summed E-state index contributed by atoms with van der Waals surface area (Å²) in [7, 11) is -3.36. The van der Waals surface area contributed by atoms with Crippen LogP contribution in [0.1, 0.15) is 18.1 Å². The van der Waals surface area contributed by atoms with Crippen LogP contribution in [-0.4, -0.2) is 25.0 Å². The SMILES string of the molecule is CC(=O)Oc1c(C)c(Sc2ccc(S(C)(=O)=O)cc2)n2cc(C(F)(F)F)ccc12. The highest BCUT2D eigenvalue weighted by atomic mass is 32.2. The minimum atomic E-state index is -4.53. The number of esters is 1. The fraction of sp³-hybridized carbons (Fsp3) is 0.211. The van der Waals surface area contributed by atoms with Crippen molar-refractivity contribution in [1.29, 1.82) is 0 Å². The summed E-state index contributed by atoms with van der Waals surface area (Å²) in [6.07, 6.45) is -2.50. The van der Waals surface area contributed by atoms with Crippen LogP contribution in [0.15, 0.2) is 57.4 Å². The van der Waals surface area contributed by atoms with E-state index in [-0.39, 0.29) is 10.6 Å². The summed E-state index contributed by atoms with van der Waals surface area (Å²) in [4.78, 5) is 12.2. The van der Waals surface area contributed by atoms with E-state index >= 15 is 0 Å². The van der Waals surface area contributed by atoms with Crippen molar-refractivity contribution >= 4 is 33.1 Å². The Balaban J connectivity index is 2.14. The summed E-state index contributed by atoms with van der Waals surface area (Å²) < 4.78 is 69.3. The first-order chi connectivity index (χ1) is 13.4. The highest BCUT2D eigenvalue weighted by molar-refractivity contribution is 7.99. The first kappa shape index (κ1) is 21.3. The standard InChI is InChI=1S/C19H16F3NO4S2/c1-11-17(27-12(2)24)16-9-4-13(19(20,21)22)10-23(16)18(11)28-14-5-7-15(8-6-14)29(3,25)26/h4-10H,1-3H3. The highest BCUT2D eigenvalue weighted by Gasteiger charge is 2.32. The summed E-state index contributed by atoms with van der Waals surface area (Å²) in [6.45, 7) is 2.86. The van der Waals surface area contributed by atoms with Gasteiger partial charge in [-0.2, -0.15) is 13.2 Å². The van der Waals surface area contributed by atoms with Crippen LogP contribution in [0.4, 0.5) is 13.2 Å². The molecule has 0 fully saturated rings. The van der Waals surface area contributed by atoms with Crippen LogP contribution in [0.2, 0.25) is 0 Å². The molecule has 1 aromatic carbocycles. The second-order valence-corrected chi connectivity index (χ2v) is 9.45. The van der Waals surface area contributed by atoms with Crippen LogP contribution in [0.3, 0.4) is 0 Å². The molecule has 0 spiro atoms. The molecule has 0 saturated heterocycles. The number of pyridine rings is 1. The fourth-order valence-corrected chi connectivity index (χ4v) is 4.38. The molecule has 0 N–H and O–H groups in total. The molecule has 2 aromatic heterocycles. The van der Waals surface area contributed by atoms with E-state index in [2.05, 4.69) is 0 Å². The van der Waals surface area contributed by atoms with Crippen LogP contribution in [0, 0.1) is 6.92 Å². The summed E-state index contributed by atoms with van der Waals surface area (Å²) in [6, 6.07) is 8.17. The van der Waals surface area contributed by atoms with Gasteiger partial charge >= 0.3 is 12.1 Å². The first-order valence-corrected chi connectivity index (χ1v) is 11.0. The van der Waals surface area contributed by atoms with E-state index in [1.54, 1.807) is 19.1 Å². The van der Waals surface area contributed by atoms with Gasteiger partial charge in [0.1, 0.15) is 0 Å². The minimum Gasteiger partial charge on any atom is -0.424 e. The molecule has 0 bridgehead atoms. The molecule has 10 heteroatoms. The molecule has 0 saturated carbocycles. The van der Waals surface area contributed by atoms with Crippen molar-refractivity contribution in [3.63, 3.8) is 0 Å². The van der Waals surface area contributed by atoms with Crippen LogP contribution >= 0.6 is 11.8 Å². The number of carbonyl (C=O) groups is 1. The fourth-order valence-electron chi connectivity index (χ4n) is 2.76. The number of hydrogen-bond donors (Lipinski definition) is 0. The Labute approximate surface area is 169 Å². The molecule has 3 rings (SSSR count). The molecule has 0 aliphatic carbocycles. The summed E-state index contributed by atoms with van der Waals surface area (Å²) in [5.74, 6) is -0.406. The Kier molecular flexibility index (Phi) is 5.44. The van der Waals surface area contributed by atoms with Crippen molar-refractivity contribution in [2.75, 3.05) is 6.26 Å². The van der Waals surface area contributed by atoms with Gasteiger partial charge in [0.2, 0.25) is 0 Å². The molecule has 154 valence electrons. The molecule has 0 amide bonds. The van der Waals surface area contributed by atoms with E-state index < -0.39 is 27.5 Å². The maximum atomic E-state index is 13.2. The van der Waals surface area contributed by atoms with Gasteiger partial charge in [-0.15, -0.1) is 0 Å². The zero-order chi connectivity index (χ0) is 21.6. The molecule has 0 atom stereocenters. The minimum absolute atomic E-state index is 0.138. The zero-order valence-electron chi connectivity index (χ0n) is 15.6. The number of benzene rings is 1. The van der Waals surface area contributed by atoms with Crippen molar-refractivity contribution in [1.82, 2.24) is 4.40 Å². The largest absolute Gasteiger partial charge is 0.424 e. The number of nitrogens with zero attached hydrogens (tertiary/aromatic N) is 1. The number of rotatable bonds is 4.